The molecule has 2 heterocycles. The second-order valence-corrected chi connectivity index (χ2v) is 9.74. The minimum atomic E-state index is -3.36. The number of thiophene rings is 1. The van der Waals surface area contributed by atoms with E-state index in [0.717, 1.165) is 44.5 Å². The maximum absolute atomic E-state index is 12.4. The molecular formula is C19H26N2O2S2. The van der Waals surface area contributed by atoms with Crippen LogP contribution in [0.15, 0.2) is 46.0 Å². The van der Waals surface area contributed by atoms with Gasteiger partial charge in [0.05, 0.1) is 0 Å². The lowest BCUT2D eigenvalue weighted by atomic mass is 9.98. The first kappa shape index (κ1) is 18.6. The molecule has 2 aromatic rings. The molecule has 0 saturated carbocycles. The third kappa shape index (κ3) is 5.38. The Morgan fingerprint density at radius 1 is 1.28 bits per heavy atom. The number of hydrogen-bond acceptors (Lipinski definition) is 4. The van der Waals surface area contributed by atoms with E-state index in [1.807, 2.05) is 18.4 Å². The summed E-state index contributed by atoms with van der Waals surface area (Å²) in [6.07, 6.45) is 3.28. The number of nitrogens with zero attached hydrogens (tertiary/aromatic N) is 1. The third-order valence-corrected chi connectivity index (χ3v) is 7.68. The summed E-state index contributed by atoms with van der Waals surface area (Å²) >= 11 is 1.29. The van der Waals surface area contributed by atoms with E-state index in [-0.39, 0.29) is 0 Å². The van der Waals surface area contributed by atoms with Crippen LogP contribution in [-0.2, 0) is 16.4 Å². The third-order valence-electron chi connectivity index (χ3n) is 4.70. The van der Waals surface area contributed by atoms with E-state index in [1.165, 1.54) is 16.9 Å². The molecule has 1 aliphatic heterocycles. The molecule has 1 unspecified atom stereocenters. The Labute approximate surface area is 154 Å². The molecule has 1 fully saturated rings. The highest BCUT2D eigenvalue weighted by atomic mass is 32.2. The van der Waals surface area contributed by atoms with Crippen LogP contribution in [0.3, 0.4) is 0 Å². The van der Waals surface area contributed by atoms with Crippen molar-refractivity contribution in [2.24, 2.45) is 5.92 Å². The zero-order valence-corrected chi connectivity index (χ0v) is 16.3. The van der Waals surface area contributed by atoms with Crippen LogP contribution >= 0.6 is 11.3 Å². The second-order valence-electron chi connectivity index (χ2n) is 6.84. The molecular weight excluding hydrogens is 352 g/mol. The van der Waals surface area contributed by atoms with Gasteiger partial charge in [-0.15, -0.1) is 11.3 Å². The van der Waals surface area contributed by atoms with E-state index in [0.29, 0.717) is 16.7 Å². The van der Waals surface area contributed by atoms with Crippen molar-refractivity contribution >= 4 is 21.4 Å². The molecule has 0 bridgehead atoms. The summed E-state index contributed by atoms with van der Waals surface area (Å²) in [5.41, 5.74) is 2.36. The highest BCUT2D eigenvalue weighted by molar-refractivity contribution is 7.91. The van der Waals surface area contributed by atoms with Gasteiger partial charge in [-0.05, 0) is 61.2 Å². The predicted octanol–water partition coefficient (Wildman–Crippen LogP) is 3.29. The smallest absolute Gasteiger partial charge is 0.250 e. The molecule has 3 rings (SSSR count). The van der Waals surface area contributed by atoms with Gasteiger partial charge in [-0.25, -0.2) is 13.1 Å². The summed E-state index contributed by atoms with van der Waals surface area (Å²) < 4.78 is 28.0. The Morgan fingerprint density at radius 3 is 2.80 bits per heavy atom. The lowest BCUT2D eigenvalue weighted by Gasteiger charge is -2.32. The molecule has 136 valence electrons. The number of hydrogen-bond donors (Lipinski definition) is 1. The summed E-state index contributed by atoms with van der Waals surface area (Å²) in [4.78, 5) is 2.46. The van der Waals surface area contributed by atoms with Crippen molar-refractivity contribution in [3.05, 3.63) is 52.9 Å². The van der Waals surface area contributed by atoms with Crippen LogP contribution in [0.2, 0.25) is 0 Å². The molecule has 1 saturated heterocycles. The van der Waals surface area contributed by atoms with E-state index in [9.17, 15) is 8.42 Å². The summed E-state index contributed by atoms with van der Waals surface area (Å²) in [6, 6.07) is 12.3. The molecule has 0 spiro atoms. The molecule has 4 nitrogen and oxygen atoms in total. The van der Waals surface area contributed by atoms with Gasteiger partial charge in [0.25, 0.3) is 0 Å². The zero-order chi connectivity index (χ0) is 17.7. The van der Waals surface area contributed by atoms with Crippen molar-refractivity contribution < 1.29 is 8.42 Å². The van der Waals surface area contributed by atoms with Gasteiger partial charge in [-0.1, -0.05) is 30.3 Å². The summed E-state index contributed by atoms with van der Waals surface area (Å²) in [5.74, 6) is 0.389. The fourth-order valence-electron chi connectivity index (χ4n) is 3.30. The standard InChI is InChI=1S/C19H26N2O2S2/c1-16-12-19(24-15-16)25(22,23)20-13-18-8-5-10-21(14-18)11-9-17-6-3-2-4-7-17/h2-4,6-7,12,15,18,20H,5,8-11,13-14H2,1H3. The number of likely N-dealkylation sites (tertiary alicyclic amines) is 1. The number of nitrogens with one attached hydrogen (secondary N) is 1. The number of sulfonamides is 1. The first-order chi connectivity index (χ1) is 12.0. The largest absolute Gasteiger partial charge is 0.303 e. The van der Waals surface area contributed by atoms with Crippen LogP contribution in [-0.4, -0.2) is 39.5 Å². The van der Waals surface area contributed by atoms with E-state index >= 15 is 0 Å². The van der Waals surface area contributed by atoms with Gasteiger partial charge < -0.3 is 4.90 Å². The number of piperidine rings is 1. The van der Waals surface area contributed by atoms with Crippen LogP contribution < -0.4 is 4.72 Å². The van der Waals surface area contributed by atoms with Gasteiger partial charge in [-0.2, -0.15) is 0 Å². The average Bonchev–Trinajstić information content (AvgIpc) is 3.07. The van der Waals surface area contributed by atoms with Crippen molar-refractivity contribution in [2.45, 2.75) is 30.4 Å². The zero-order valence-electron chi connectivity index (χ0n) is 14.6. The van der Waals surface area contributed by atoms with Gasteiger partial charge in [0.15, 0.2) is 0 Å². The molecule has 1 aliphatic rings. The van der Waals surface area contributed by atoms with Gasteiger partial charge in [0, 0.05) is 19.6 Å². The summed E-state index contributed by atoms with van der Waals surface area (Å²) in [6.45, 7) is 5.57. The molecule has 0 aliphatic carbocycles. The van der Waals surface area contributed by atoms with Gasteiger partial charge in [0.1, 0.15) is 4.21 Å². The Balaban J connectivity index is 1.48. The summed E-state index contributed by atoms with van der Waals surface area (Å²) in [5, 5.41) is 1.88. The monoisotopic (exact) mass is 378 g/mol. The van der Waals surface area contributed by atoms with Crippen molar-refractivity contribution in [3.63, 3.8) is 0 Å². The predicted molar refractivity (Wildman–Crippen MR) is 104 cm³/mol. The maximum Gasteiger partial charge on any atom is 0.250 e. The highest BCUT2D eigenvalue weighted by Crippen LogP contribution is 2.21. The number of rotatable bonds is 7. The fraction of sp³-hybridized carbons (Fsp3) is 0.474. The average molecular weight is 379 g/mol. The van der Waals surface area contributed by atoms with Crippen LogP contribution in [0.25, 0.3) is 0 Å². The van der Waals surface area contributed by atoms with E-state index in [4.69, 9.17) is 0 Å². The molecule has 1 aromatic carbocycles. The van der Waals surface area contributed by atoms with Crippen molar-refractivity contribution in [2.75, 3.05) is 26.2 Å². The normalized spacial score (nSPS) is 19.2. The first-order valence-electron chi connectivity index (χ1n) is 8.84. The van der Waals surface area contributed by atoms with Gasteiger partial charge >= 0.3 is 0 Å². The minimum Gasteiger partial charge on any atom is -0.303 e. The van der Waals surface area contributed by atoms with Gasteiger partial charge in [-0.3, -0.25) is 0 Å². The Hall–Kier alpha value is -1.21. The van der Waals surface area contributed by atoms with E-state index in [2.05, 4.69) is 33.9 Å². The van der Waals surface area contributed by atoms with Crippen molar-refractivity contribution in [3.8, 4) is 0 Å². The lowest BCUT2D eigenvalue weighted by Crippen LogP contribution is -2.41. The molecule has 0 amide bonds. The fourth-order valence-corrected chi connectivity index (χ4v) is 5.69. The van der Waals surface area contributed by atoms with Crippen LogP contribution in [0.5, 0.6) is 0 Å². The number of aryl methyl sites for hydroxylation is 1. The van der Waals surface area contributed by atoms with Crippen LogP contribution in [0.1, 0.15) is 24.0 Å². The lowest BCUT2D eigenvalue weighted by molar-refractivity contribution is 0.178. The van der Waals surface area contributed by atoms with Gasteiger partial charge in [0.2, 0.25) is 10.0 Å². The maximum atomic E-state index is 12.4. The minimum absolute atomic E-state index is 0.389. The first-order valence-corrected chi connectivity index (χ1v) is 11.2. The Kier molecular flexibility index (Phi) is 6.28. The topological polar surface area (TPSA) is 49.4 Å². The Bertz CT molecular complexity index is 772. The van der Waals surface area contributed by atoms with E-state index < -0.39 is 10.0 Å². The quantitative estimate of drug-likeness (QED) is 0.804. The molecule has 1 atom stereocenters. The van der Waals surface area contributed by atoms with Crippen LogP contribution in [0.4, 0.5) is 0 Å². The highest BCUT2D eigenvalue weighted by Gasteiger charge is 2.23. The molecule has 0 radical (unpaired) electrons. The Morgan fingerprint density at radius 2 is 2.08 bits per heavy atom. The van der Waals surface area contributed by atoms with Crippen LogP contribution in [0, 0.1) is 12.8 Å². The van der Waals surface area contributed by atoms with Crippen molar-refractivity contribution in [1.82, 2.24) is 9.62 Å². The second kappa shape index (κ2) is 8.45. The molecule has 1 N–H and O–H groups in total. The van der Waals surface area contributed by atoms with Crippen molar-refractivity contribution in [1.29, 1.82) is 0 Å². The molecule has 1 aromatic heterocycles. The van der Waals surface area contributed by atoms with E-state index in [1.54, 1.807) is 6.07 Å². The molecule has 6 heteroatoms. The SMILES string of the molecule is Cc1csc(S(=O)(=O)NCC2CCCN(CCc3ccccc3)C2)c1. The number of benzene rings is 1. The summed E-state index contributed by atoms with van der Waals surface area (Å²) in [7, 11) is -3.36. The molecule has 25 heavy (non-hydrogen) atoms.